The Labute approximate surface area is 83.6 Å². The zero-order valence-electron chi connectivity index (χ0n) is 8.60. The number of carboxylic acids is 1. The Kier molecular flexibility index (Phi) is 3.68. The van der Waals surface area contributed by atoms with Crippen LogP contribution in [0.15, 0.2) is 12.5 Å². The van der Waals surface area contributed by atoms with Crippen LogP contribution >= 0.6 is 0 Å². The van der Waals surface area contributed by atoms with Crippen molar-refractivity contribution in [3.8, 4) is 0 Å². The molecule has 1 unspecified atom stereocenters. The van der Waals surface area contributed by atoms with E-state index >= 15 is 0 Å². The summed E-state index contributed by atoms with van der Waals surface area (Å²) in [7, 11) is 0. The van der Waals surface area contributed by atoms with Crippen molar-refractivity contribution in [3.05, 3.63) is 18.2 Å². The van der Waals surface area contributed by atoms with Crippen LogP contribution in [0.3, 0.4) is 0 Å². The lowest BCUT2D eigenvalue weighted by Crippen LogP contribution is -2.05. The van der Waals surface area contributed by atoms with Gasteiger partial charge in [-0.25, -0.2) is 9.78 Å². The minimum atomic E-state index is -0.963. The second-order valence-electron chi connectivity index (χ2n) is 3.36. The molecule has 1 aromatic rings. The summed E-state index contributed by atoms with van der Waals surface area (Å²) in [6.07, 6.45) is 6.37. The molecule has 1 heterocycles. The lowest BCUT2D eigenvalue weighted by molar-refractivity contribution is 0.0691. The Hall–Kier alpha value is -1.32. The summed E-state index contributed by atoms with van der Waals surface area (Å²) in [5, 5.41) is 8.71. The first-order valence-corrected chi connectivity index (χ1v) is 4.95. The third-order valence-corrected chi connectivity index (χ3v) is 2.34. The predicted molar refractivity (Wildman–Crippen MR) is 53.4 cm³/mol. The van der Waals surface area contributed by atoms with E-state index in [-0.39, 0.29) is 5.69 Å². The summed E-state index contributed by atoms with van der Waals surface area (Å²) in [6, 6.07) is 0.376. The number of imidazole rings is 1. The normalized spacial score (nSPS) is 12.7. The maximum Gasteiger partial charge on any atom is 0.356 e. The number of hydrogen-bond donors (Lipinski definition) is 1. The van der Waals surface area contributed by atoms with Gasteiger partial charge in [-0.1, -0.05) is 20.3 Å². The van der Waals surface area contributed by atoms with Crippen LogP contribution in [0.5, 0.6) is 0 Å². The standard InChI is InChI=1S/C10H16N2O2/c1-3-5-8(4-2)12-6-9(10(13)14)11-7-12/h6-8H,3-5H2,1-2H3,(H,13,14). The molecule has 0 amide bonds. The van der Waals surface area contributed by atoms with E-state index < -0.39 is 5.97 Å². The van der Waals surface area contributed by atoms with Crippen LogP contribution in [0.2, 0.25) is 0 Å². The minimum absolute atomic E-state index is 0.125. The second kappa shape index (κ2) is 4.79. The highest BCUT2D eigenvalue weighted by molar-refractivity contribution is 5.84. The van der Waals surface area contributed by atoms with E-state index in [0.717, 1.165) is 19.3 Å². The van der Waals surface area contributed by atoms with Gasteiger partial charge in [0.1, 0.15) is 0 Å². The molecule has 14 heavy (non-hydrogen) atoms. The summed E-state index contributed by atoms with van der Waals surface area (Å²) in [5.41, 5.74) is 0.125. The van der Waals surface area contributed by atoms with Gasteiger partial charge in [0.15, 0.2) is 5.69 Å². The van der Waals surface area contributed by atoms with Gasteiger partial charge < -0.3 is 9.67 Å². The molecule has 0 spiro atoms. The van der Waals surface area contributed by atoms with Crippen LogP contribution < -0.4 is 0 Å². The SMILES string of the molecule is CCCC(CC)n1cnc(C(=O)O)c1. The summed E-state index contributed by atoms with van der Waals surface area (Å²) >= 11 is 0. The molecular weight excluding hydrogens is 180 g/mol. The van der Waals surface area contributed by atoms with Gasteiger partial charge in [-0.3, -0.25) is 0 Å². The molecule has 1 rings (SSSR count). The zero-order valence-corrected chi connectivity index (χ0v) is 8.60. The fourth-order valence-electron chi connectivity index (χ4n) is 1.54. The van der Waals surface area contributed by atoms with E-state index in [4.69, 9.17) is 5.11 Å². The van der Waals surface area contributed by atoms with Gasteiger partial charge in [0.25, 0.3) is 0 Å². The molecule has 0 fully saturated rings. The average Bonchev–Trinajstić information content (AvgIpc) is 2.63. The highest BCUT2D eigenvalue weighted by Gasteiger charge is 2.11. The fraction of sp³-hybridized carbons (Fsp3) is 0.600. The number of carboxylic acid groups (broad SMARTS) is 1. The van der Waals surface area contributed by atoms with Crippen molar-refractivity contribution in [1.29, 1.82) is 0 Å². The van der Waals surface area contributed by atoms with Crippen LogP contribution in [0.1, 0.15) is 49.6 Å². The lowest BCUT2D eigenvalue weighted by atomic mass is 10.1. The molecule has 1 N–H and O–H groups in total. The quantitative estimate of drug-likeness (QED) is 0.786. The Bertz CT molecular complexity index is 307. The van der Waals surface area contributed by atoms with Crippen LogP contribution in [0, 0.1) is 0 Å². The maximum absolute atomic E-state index is 10.6. The van der Waals surface area contributed by atoms with Crippen molar-refractivity contribution in [1.82, 2.24) is 9.55 Å². The third kappa shape index (κ3) is 2.34. The van der Waals surface area contributed by atoms with Crippen molar-refractivity contribution in [2.45, 2.75) is 39.2 Å². The minimum Gasteiger partial charge on any atom is -0.476 e. The van der Waals surface area contributed by atoms with Gasteiger partial charge in [0.05, 0.1) is 6.33 Å². The first-order valence-electron chi connectivity index (χ1n) is 4.95. The summed E-state index contributed by atoms with van der Waals surface area (Å²) < 4.78 is 1.90. The first kappa shape index (κ1) is 10.8. The Morgan fingerprint density at radius 3 is 2.79 bits per heavy atom. The van der Waals surface area contributed by atoms with Gasteiger partial charge in [-0.05, 0) is 12.8 Å². The molecule has 0 saturated heterocycles. The van der Waals surface area contributed by atoms with Crippen LogP contribution in [-0.2, 0) is 0 Å². The molecule has 0 radical (unpaired) electrons. The average molecular weight is 196 g/mol. The van der Waals surface area contributed by atoms with Gasteiger partial charge in [0.2, 0.25) is 0 Å². The van der Waals surface area contributed by atoms with Crippen LogP contribution in [-0.4, -0.2) is 20.6 Å². The first-order chi connectivity index (χ1) is 6.69. The smallest absolute Gasteiger partial charge is 0.356 e. The number of hydrogen-bond acceptors (Lipinski definition) is 2. The lowest BCUT2D eigenvalue weighted by Gasteiger charge is -2.14. The Morgan fingerprint density at radius 1 is 1.64 bits per heavy atom. The second-order valence-corrected chi connectivity index (χ2v) is 3.36. The molecule has 0 saturated carbocycles. The molecule has 78 valence electrons. The van der Waals surface area contributed by atoms with E-state index in [2.05, 4.69) is 18.8 Å². The molecule has 0 aliphatic rings. The number of nitrogens with zero attached hydrogens (tertiary/aromatic N) is 2. The van der Waals surface area contributed by atoms with Crippen LogP contribution in [0.25, 0.3) is 0 Å². The molecule has 4 heteroatoms. The van der Waals surface area contributed by atoms with E-state index in [1.54, 1.807) is 12.5 Å². The molecule has 0 aliphatic carbocycles. The van der Waals surface area contributed by atoms with Crippen molar-refractivity contribution >= 4 is 5.97 Å². The van der Waals surface area contributed by atoms with Gasteiger partial charge in [-0.2, -0.15) is 0 Å². The van der Waals surface area contributed by atoms with Crippen LogP contribution in [0.4, 0.5) is 0 Å². The largest absolute Gasteiger partial charge is 0.476 e. The van der Waals surface area contributed by atoms with E-state index in [1.807, 2.05) is 4.57 Å². The Morgan fingerprint density at radius 2 is 2.36 bits per heavy atom. The van der Waals surface area contributed by atoms with E-state index in [0.29, 0.717) is 6.04 Å². The summed E-state index contributed by atoms with van der Waals surface area (Å²) in [5.74, 6) is -0.963. The fourth-order valence-corrected chi connectivity index (χ4v) is 1.54. The highest BCUT2D eigenvalue weighted by Crippen LogP contribution is 2.17. The predicted octanol–water partition coefficient (Wildman–Crippen LogP) is 2.33. The number of aromatic nitrogens is 2. The molecule has 1 atom stereocenters. The monoisotopic (exact) mass is 196 g/mol. The number of carbonyl (C=O) groups is 1. The molecule has 1 aromatic heterocycles. The summed E-state index contributed by atoms with van der Waals surface area (Å²) in [6.45, 7) is 4.22. The topological polar surface area (TPSA) is 55.1 Å². The maximum atomic E-state index is 10.6. The Balaban J connectivity index is 2.78. The van der Waals surface area contributed by atoms with Crippen molar-refractivity contribution in [2.24, 2.45) is 0 Å². The third-order valence-electron chi connectivity index (χ3n) is 2.34. The summed E-state index contributed by atoms with van der Waals surface area (Å²) in [4.78, 5) is 14.4. The number of aromatic carboxylic acids is 1. The van der Waals surface area contributed by atoms with Gasteiger partial charge in [0, 0.05) is 12.2 Å². The molecule has 0 aromatic carbocycles. The van der Waals surface area contributed by atoms with E-state index in [1.165, 1.54) is 0 Å². The number of rotatable bonds is 5. The zero-order chi connectivity index (χ0) is 10.6. The van der Waals surface area contributed by atoms with Crippen molar-refractivity contribution < 1.29 is 9.90 Å². The van der Waals surface area contributed by atoms with Crippen molar-refractivity contribution in [3.63, 3.8) is 0 Å². The van der Waals surface area contributed by atoms with Crippen molar-refractivity contribution in [2.75, 3.05) is 0 Å². The highest BCUT2D eigenvalue weighted by atomic mass is 16.4. The molecule has 0 bridgehead atoms. The van der Waals surface area contributed by atoms with Gasteiger partial charge in [-0.15, -0.1) is 0 Å². The van der Waals surface area contributed by atoms with E-state index in [9.17, 15) is 4.79 Å². The molecule has 4 nitrogen and oxygen atoms in total. The molecular formula is C10H16N2O2. The molecule has 0 aliphatic heterocycles. The van der Waals surface area contributed by atoms with Gasteiger partial charge >= 0.3 is 5.97 Å².